The first-order chi connectivity index (χ1) is 8.83. The third-order valence-electron chi connectivity index (χ3n) is 3.27. The molecule has 0 aliphatic heterocycles. The second-order valence-corrected chi connectivity index (χ2v) is 4.77. The Hall–Kier alpha value is -0.860. The SMILES string of the molecule is CCCCC(NCCC)C(OC)c1ccccc1. The standard InChI is InChI=1S/C16H27NO/c1-4-6-12-15(17-13-5-2)16(18-3)14-10-8-7-9-11-14/h7-11,15-17H,4-6,12-13H2,1-3H3. The van der Waals surface area contributed by atoms with Crippen LogP contribution in [0.1, 0.15) is 51.2 Å². The molecule has 18 heavy (non-hydrogen) atoms. The van der Waals surface area contributed by atoms with Gasteiger partial charge < -0.3 is 10.1 Å². The highest BCUT2D eigenvalue weighted by molar-refractivity contribution is 5.19. The fourth-order valence-corrected chi connectivity index (χ4v) is 2.29. The van der Waals surface area contributed by atoms with Gasteiger partial charge in [0.15, 0.2) is 0 Å². The van der Waals surface area contributed by atoms with Crippen LogP contribution >= 0.6 is 0 Å². The summed E-state index contributed by atoms with van der Waals surface area (Å²) in [6.45, 7) is 5.50. The van der Waals surface area contributed by atoms with Crippen LogP contribution in [-0.4, -0.2) is 19.7 Å². The first-order valence-corrected chi connectivity index (χ1v) is 7.14. The van der Waals surface area contributed by atoms with E-state index in [-0.39, 0.29) is 6.10 Å². The van der Waals surface area contributed by atoms with E-state index in [2.05, 4.69) is 49.5 Å². The molecule has 0 amide bonds. The zero-order valence-corrected chi connectivity index (χ0v) is 12.0. The van der Waals surface area contributed by atoms with Crippen LogP contribution < -0.4 is 5.32 Å². The van der Waals surface area contributed by atoms with Crippen molar-refractivity contribution < 1.29 is 4.74 Å². The van der Waals surface area contributed by atoms with Crippen molar-refractivity contribution in [1.29, 1.82) is 0 Å². The molecule has 2 heteroatoms. The Kier molecular flexibility index (Phi) is 7.70. The molecule has 0 aliphatic rings. The molecule has 0 radical (unpaired) electrons. The molecule has 1 aromatic carbocycles. The molecule has 0 saturated heterocycles. The summed E-state index contributed by atoms with van der Waals surface area (Å²) in [6, 6.07) is 10.9. The molecule has 0 aromatic heterocycles. The highest BCUT2D eigenvalue weighted by Gasteiger charge is 2.21. The number of methoxy groups -OCH3 is 1. The Morgan fingerprint density at radius 2 is 1.83 bits per heavy atom. The molecule has 1 aromatic rings. The zero-order valence-electron chi connectivity index (χ0n) is 12.0. The van der Waals surface area contributed by atoms with E-state index in [1.807, 2.05) is 7.11 Å². The van der Waals surface area contributed by atoms with E-state index in [0.29, 0.717) is 6.04 Å². The van der Waals surface area contributed by atoms with Crippen LogP contribution in [-0.2, 0) is 4.74 Å². The molecule has 102 valence electrons. The van der Waals surface area contributed by atoms with Gasteiger partial charge in [0.05, 0.1) is 6.10 Å². The molecule has 1 rings (SSSR count). The Morgan fingerprint density at radius 3 is 2.39 bits per heavy atom. The lowest BCUT2D eigenvalue weighted by Gasteiger charge is -2.27. The molecule has 0 fully saturated rings. The molecule has 1 N–H and O–H groups in total. The molecule has 2 atom stereocenters. The van der Waals surface area contributed by atoms with Gasteiger partial charge in [0.2, 0.25) is 0 Å². The molecule has 2 nitrogen and oxygen atoms in total. The molecule has 0 heterocycles. The maximum Gasteiger partial charge on any atom is 0.0973 e. The molecular weight excluding hydrogens is 222 g/mol. The van der Waals surface area contributed by atoms with Crippen molar-refractivity contribution in [2.24, 2.45) is 0 Å². The van der Waals surface area contributed by atoms with E-state index in [9.17, 15) is 0 Å². The summed E-state index contributed by atoms with van der Waals surface area (Å²) in [5, 5.41) is 3.63. The minimum atomic E-state index is 0.157. The minimum Gasteiger partial charge on any atom is -0.375 e. The first-order valence-electron chi connectivity index (χ1n) is 7.14. The topological polar surface area (TPSA) is 21.3 Å². The minimum absolute atomic E-state index is 0.157. The number of ether oxygens (including phenoxy) is 1. The number of nitrogens with one attached hydrogen (secondary N) is 1. The summed E-state index contributed by atoms with van der Waals surface area (Å²) < 4.78 is 5.73. The van der Waals surface area contributed by atoms with Crippen molar-refractivity contribution in [3.05, 3.63) is 35.9 Å². The summed E-state index contributed by atoms with van der Waals surface area (Å²) in [4.78, 5) is 0. The van der Waals surface area contributed by atoms with Gasteiger partial charge >= 0.3 is 0 Å². The summed E-state index contributed by atoms with van der Waals surface area (Å²) >= 11 is 0. The summed E-state index contributed by atoms with van der Waals surface area (Å²) in [6.07, 6.45) is 4.96. The summed E-state index contributed by atoms with van der Waals surface area (Å²) in [5.74, 6) is 0. The zero-order chi connectivity index (χ0) is 13.2. The lowest BCUT2D eigenvalue weighted by molar-refractivity contribution is 0.0641. The maximum atomic E-state index is 5.73. The lowest BCUT2D eigenvalue weighted by atomic mass is 9.97. The summed E-state index contributed by atoms with van der Waals surface area (Å²) in [5.41, 5.74) is 1.27. The van der Waals surface area contributed by atoms with E-state index in [1.54, 1.807) is 0 Å². The molecule has 0 aliphatic carbocycles. The van der Waals surface area contributed by atoms with E-state index in [0.717, 1.165) is 13.0 Å². The van der Waals surface area contributed by atoms with Crippen LogP contribution in [0.25, 0.3) is 0 Å². The number of hydrogen-bond donors (Lipinski definition) is 1. The maximum absolute atomic E-state index is 5.73. The Labute approximate surface area is 112 Å². The predicted octanol–water partition coefficient (Wildman–Crippen LogP) is 3.93. The van der Waals surface area contributed by atoms with Gasteiger partial charge in [-0.1, -0.05) is 57.0 Å². The van der Waals surface area contributed by atoms with Crippen LogP contribution in [0.15, 0.2) is 30.3 Å². The predicted molar refractivity (Wildman–Crippen MR) is 77.8 cm³/mol. The van der Waals surface area contributed by atoms with Crippen molar-refractivity contribution in [3.63, 3.8) is 0 Å². The molecule has 2 unspecified atom stereocenters. The van der Waals surface area contributed by atoms with Crippen molar-refractivity contribution in [2.75, 3.05) is 13.7 Å². The highest BCUT2D eigenvalue weighted by Crippen LogP contribution is 2.23. The van der Waals surface area contributed by atoms with Gasteiger partial charge in [-0.05, 0) is 24.9 Å². The van der Waals surface area contributed by atoms with Crippen LogP contribution in [0.3, 0.4) is 0 Å². The van der Waals surface area contributed by atoms with Crippen LogP contribution in [0.4, 0.5) is 0 Å². The van der Waals surface area contributed by atoms with Gasteiger partial charge in [-0.3, -0.25) is 0 Å². The quantitative estimate of drug-likeness (QED) is 0.716. The van der Waals surface area contributed by atoms with Gasteiger partial charge in [-0.15, -0.1) is 0 Å². The average Bonchev–Trinajstić information content (AvgIpc) is 2.43. The molecule has 0 saturated carbocycles. The average molecular weight is 249 g/mol. The van der Waals surface area contributed by atoms with Crippen molar-refractivity contribution in [3.8, 4) is 0 Å². The van der Waals surface area contributed by atoms with Gasteiger partial charge in [-0.2, -0.15) is 0 Å². The monoisotopic (exact) mass is 249 g/mol. The second-order valence-electron chi connectivity index (χ2n) is 4.77. The van der Waals surface area contributed by atoms with E-state index < -0.39 is 0 Å². The normalized spacial score (nSPS) is 14.4. The van der Waals surface area contributed by atoms with E-state index in [4.69, 9.17) is 4.74 Å². The fraction of sp³-hybridized carbons (Fsp3) is 0.625. The van der Waals surface area contributed by atoms with Crippen LogP contribution in [0.2, 0.25) is 0 Å². The number of hydrogen-bond acceptors (Lipinski definition) is 2. The summed E-state index contributed by atoms with van der Waals surface area (Å²) in [7, 11) is 1.81. The van der Waals surface area contributed by atoms with Crippen molar-refractivity contribution >= 4 is 0 Å². The van der Waals surface area contributed by atoms with Gasteiger partial charge in [0.1, 0.15) is 0 Å². The van der Waals surface area contributed by atoms with Crippen LogP contribution in [0, 0.1) is 0 Å². The highest BCUT2D eigenvalue weighted by atomic mass is 16.5. The Balaban J connectivity index is 2.72. The number of unbranched alkanes of at least 4 members (excludes halogenated alkanes) is 1. The second kappa shape index (κ2) is 9.12. The van der Waals surface area contributed by atoms with Crippen molar-refractivity contribution in [2.45, 2.75) is 51.7 Å². The molecule has 0 bridgehead atoms. The molecular formula is C16H27NO. The fourth-order valence-electron chi connectivity index (χ4n) is 2.29. The van der Waals surface area contributed by atoms with Crippen molar-refractivity contribution in [1.82, 2.24) is 5.32 Å². The lowest BCUT2D eigenvalue weighted by Crippen LogP contribution is -2.36. The van der Waals surface area contributed by atoms with Crippen LogP contribution in [0.5, 0.6) is 0 Å². The van der Waals surface area contributed by atoms with E-state index >= 15 is 0 Å². The number of rotatable bonds is 9. The van der Waals surface area contributed by atoms with Gasteiger partial charge in [0.25, 0.3) is 0 Å². The Morgan fingerprint density at radius 1 is 1.11 bits per heavy atom. The third-order valence-corrected chi connectivity index (χ3v) is 3.27. The van der Waals surface area contributed by atoms with E-state index in [1.165, 1.54) is 24.8 Å². The Bertz CT molecular complexity index is 291. The largest absolute Gasteiger partial charge is 0.375 e. The first kappa shape index (κ1) is 15.2. The van der Waals surface area contributed by atoms with Gasteiger partial charge in [-0.25, -0.2) is 0 Å². The van der Waals surface area contributed by atoms with Gasteiger partial charge in [0, 0.05) is 13.2 Å². The smallest absolute Gasteiger partial charge is 0.0973 e. The molecule has 0 spiro atoms. The number of benzene rings is 1. The third kappa shape index (κ3) is 4.79.